The van der Waals surface area contributed by atoms with Gasteiger partial charge >= 0.3 is 12.1 Å². The number of nitrogens with one attached hydrogen (secondary N) is 1. The monoisotopic (exact) mass is 389 g/mol. The predicted molar refractivity (Wildman–Crippen MR) is 102 cm³/mol. The van der Waals surface area contributed by atoms with Gasteiger partial charge in [0.1, 0.15) is 0 Å². The van der Waals surface area contributed by atoms with Crippen LogP contribution in [0, 0.1) is 6.92 Å². The highest BCUT2D eigenvalue weighted by molar-refractivity contribution is 5.90. The van der Waals surface area contributed by atoms with E-state index in [4.69, 9.17) is 0 Å². The van der Waals surface area contributed by atoms with Gasteiger partial charge in [0, 0.05) is 18.3 Å². The minimum Gasteiger partial charge on any atom is -0.478 e. The Hall–Kier alpha value is -3.29. The molecule has 0 amide bonds. The van der Waals surface area contributed by atoms with Gasteiger partial charge in [-0.3, -0.25) is 4.40 Å². The van der Waals surface area contributed by atoms with Gasteiger partial charge in [0.05, 0.1) is 29.6 Å². The largest absolute Gasteiger partial charge is 0.478 e. The molecule has 0 unspecified atom stereocenters. The molecule has 0 saturated carbocycles. The van der Waals surface area contributed by atoms with Crippen LogP contribution in [0.5, 0.6) is 0 Å². The fourth-order valence-electron chi connectivity index (χ4n) is 2.97. The number of alkyl halides is 3. The van der Waals surface area contributed by atoms with E-state index >= 15 is 0 Å². The van der Waals surface area contributed by atoms with Gasteiger partial charge in [0.25, 0.3) is 0 Å². The lowest BCUT2D eigenvalue weighted by Crippen LogP contribution is -2.15. The third-order valence-electron chi connectivity index (χ3n) is 4.34. The van der Waals surface area contributed by atoms with Crippen molar-refractivity contribution >= 4 is 23.4 Å². The molecule has 0 atom stereocenters. The summed E-state index contributed by atoms with van der Waals surface area (Å²) in [5, 5.41) is 12.0. The minimum atomic E-state index is -4.25. The van der Waals surface area contributed by atoms with Crippen molar-refractivity contribution in [3.8, 4) is 11.3 Å². The van der Waals surface area contributed by atoms with Gasteiger partial charge in [0.2, 0.25) is 0 Å². The van der Waals surface area contributed by atoms with Crippen LogP contribution in [0.2, 0.25) is 0 Å². The van der Waals surface area contributed by atoms with Crippen molar-refractivity contribution in [3.05, 3.63) is 59.9 Å². The van der Waals surface area contributed by atoms with E-state index in [1.807, 2.05) is 0 Å². The maximum Gasteiger partial charge on any atom is 0.390 e. The predicted octanol–water partition coefficient (Wildman–Crippen LogP) is 5.02. The van der Waals surface area contributed by atoms with E-state index in [9.17, 15) is 23.1 Å². The number of nitrogens with zero attached hydrogens (tertiary/aromatic N) is 2. The van der Waals surface area contributed by atoms with Gasteiger partial charge in [-0.2, -0.15) is 13.2 Å². The zero-order chi connectivity index (χ0) is 20.5. The normalized spacial score (nSPS) is 11.6. The number of hydrogen-bond donors (Lipinski definition) is 2. The summed E-state index contributed by atoms with van der Waals surface area (Å²) in [4.78, 5) is 15.6. The van der Waals surface area contributed by atoms with E-state index in [2.05, 4.69) is 16.9 Å². The van der Waals surface area contributed by atoms with Gasteiger partial charge < -0.3 is 10.4 Å². The summed E-state index contributed by atoms with van der Waals surface area (Å²) in [6.07, 6.45) is -0.229. The van der Waals surface area contributed by atoms with Crippen molar-refractivity contribution in [2.75, 3.05) is 11.9 Å². The molecule has 1 aromatic carbocycles. The molecule has 0 aliphatic carbocycles. The third-order valence-corrected chi connectivity index (χ3v) is 4.34. The minimum absolute atomic E-state index is 0.207. The number of fused-ring (bicyclic) bond motifs is 1. The molecule has 3 aromatic rings. The first-order valence-electron chi connectivity index (χ1n) is 8.48. The Morgan fingerprint density at radius 1 is 1.36 bits per heavy atom. The number of benzene rings is 1. The average molecular weight is 389 g/mol. The van der Waals surface area contributed by atoms with E-state index in [0.717, 1.165) is 5.56 Å². The zero-order valence-electron chi connectivity index (χ0n) is 15.0. The molecule has 8 heteroatoms. The highest BCUT2D eigenvalue weighted by atomic mass is 19.4. The number of carboxylic acids is 1. The van der Waals surface area contributed by atoms with E-state index in [1.54, 1.807) is 48.0 Å². The van der Waals surface area contributed by atoms with Crippen LogP contribution in [-0.4, -0.2) is 33.2 Å². The molecule has 5 nitrogen and oxygen atoms in total. The Labute approximate surface area is 159 Å². The molecule has 0 saturated heterocycles. The highest BCUT2D eigenvalue weighted by Gasteiger charge is 2.26. The topological polar surface area (TPSA) is 66.6 Å². The summed E-state index contributed by atoms with van der Waals surface area (Å²) in [5.41, 5.74) is 3.90. The molecule has 3 rings (SSSR count). The Morgan fingerprint density at radius 2 is 2.11 bits per heavy atom. The van der Waals surface area contributed by atoms with Crippen LogP contribution in [0.4, 0.5) is 18.9 Å². The lowest BCUT2D eigenvalue weighted by Gasteiger charge is -2.12. The van der Waals surface area contributed by atoms with Crippen molar-refractivity contribution in [1.29, 1.82) is 0 Å². The third kappa shape index (κ3) is 4.00. The molecular formula is C20H18F3N3O2. The van der Waals surface area contributed by atoms with Crippen molar-refractivity contribution in [2.24, 2.45) is 0 Å². The van der Waals surface area contributed by atoms with Crippen LogP contribution >= 0.6 is 0 Å². The molecule has 146 valence electrons. The highest BCUT2D eigenvalue weighted by Crippen LogP contribution is 2.28. The molecule has 28 heavy (non-hydrogen) atoms. The van der Waals surface area contributed by atoms with Crippen molar-refractivity contribution in [3.63, 3.8) is 0 Å². The van der Waals surface area contributed by atoms with Gasteiger partial charge in [-0.25, -0.2) is 9.78 Å². The number of carboxylic acid groups (broad SMARTS) is 1. The van der Waals surface area contributed by atoms with Gasteiger partial charge in [-0.1, -0.05) is 18.7 Å². The molecular weight excluding hydrogens is 371 g/mol. The quantitative estimate of drug-likeness (QED) is 0.622. The summed E-state index contributed by atoms with van der Waals surface area (Å²) in [7, 11) is 0. The van der Waals surface area contributed by atoms with Gasteiger partial charge in [0.15, 0.2) is 5.65 Å². The number of pyridine rings is 1. The molecule has 0 bridgehead atoms. The van der Waals surface area contributed by atoms with Crippen molar-refractivity contribution in [2.45, 2.75) is 19.5 Å². The summed E-state index contributed by atoms with van der Waals surface area (Å²) in [5.74, 6) is -1.01. The molecule has 0 aliphatic heterocycles. The van der Waals surface area contributed by atoms with Crippen LogP contribution in [0.15, 0.2) is 43.2 Å². The Kier molecular flexibility index (Phi) is 5.13. The maximum atomic E-state index is 12.5. The van der Waals surface area contributed by atoms with Crippen molar-refractivity contribution in [1.82, 2.24) is 9.38 Å². The van der Waals surface area contributed by atoms with Gasteiger partial charge in [-0.15, -0.1) is 0 Å². The number of halogens is 3. The summed E-state index contributed by atoms with van der Waals surface area (Å²) >= 11 is 0. The first-order chi connectivity index (χ1) is 13.2. The molecule has 2 N–H and O–H groups in total. The number of aromatic nitrogens is 2. The zero-order valence-corrected chi connectivity index (χ0v) is 15.0. The van der Waals surface area contributed by atoms with Crippen LogP contribution in [0.3, 0.4) is 0 Å². The number of aryl methyl sites for hydroxylation is 1. The Balaban J connectivity index is 2.04. The van der Waals surface area contributed by atoms with Crippen LogP contribution in [-0.2, 0) is 0 Å². The fourth-order valence-corrected chi connectivity index (χ4v) is 2.97. The fraction of sp³-hybridized carbons (Fsp3) is 0.200. The maximum absolute atomic E-state index is 12.5. The second-order valence-electron chi connectivity index (χ2n) is 6.36. The standard InChI is InChI=1S/C20H18F3N3O2/c1-3-13-9-16(24-7-6-20(21,22)23)18-25-10-17(26(18)11-13)14-4-5-15(19(27)28)12(2)8-14/h3-5,8-11,24H,1,6-7H2,2H3,(H,27,28). The smallest absolute Gasteiger partial charge is 0.390 e. The molecule has 2 aromatic heterocycles. The van der Waals surface area contributed by atoms with Crippen molar-refractivity contribution < 1.29 is 23.1 Å². The molecule has 2 heterocycles. The van der Waals surface area contributed by atoms with Gasteiger partial charge in [-0.05, 0) is 36.2 Å². The van der Waals surface area contributed by atoms with E-state index in [1.165, 1.54) is 6.07 Å². The van der Waals surface area contributed by atoms with Crippen LogP contribution < -0.4 is 5.32 Å². The molecule has 0 aliphatic rings. The Bertz CT molecular complexity index is 1050. The lowest BCUT2D eigenvalue weighted by molar-refractivity contribution is -0.131. The number of rotatable bonds is 6. The number of hydrogen-bond acceptors (Lipinski definition) is 3. The SMILES string of the molecule is C=Cc1cc(NCCC(F)(F)F)c2ncc(-c3ccc(C(=O)O)c(C)c3)n2c1. The number of aromatic carboxylic acids is 1. The van der Waals surface area contributed by atoms with Crippen LogP contribution in [0.1, 0.15) is 27.9 Å². The number of carbonyl (C=O) groups is 1. The van der Waals surface area contributed by atoms with E-state index < -0.39 is 18.6 Å². The first kappa shape index (κ1) is 19.5. The van der Waals surface area contributed by atoms with E-state index in [-0.39, 0.29) is 12.1 Å². The first-order valence-corrected chi connectivity index (χ1v) is 8.48. The summed E-state index contributed by atoms with van der Waals surface area (Å²) in [6, 6.07) is 6.63. The number of imidazole rings is 1. The molecule has 0 radical (unpaired) electrons. The molecule has 0 spiro atoms. The average Bonchev–Trinajstić information content (AvgIpc) is 3.04. The number of anilines is 1. The van der Waals surface area contributed by atoms with E-state index in [0.29, 0.717) is 28.2 Å². The second kappa shape index (κ2) is 7.38. The second-order valence-corrected chi connectivity index (χ2v) is 6.36. The lowest BCUT2D eigenvalue weighted by atomic mass is 10.0. The van der Waals surface area contributed by atoms with Crippen LogP contribution in [0.25, 0.3) is 23.0 Å². The summed E-state index contributed by atoms with van der Waals surface area (Å²) < 4.78 is 39.1. The summed E-state index contributed by atoms with van der Waals surface area (Å²) in [6.45, 7) is 5.16. The Morgan fingerprint density at radius 3 is 2.71 bits per heavy atom. The molecule has 0 fully saturated rings.